The van der Waals surface area contributed by atoms with Crippen molar-refractivity contribution in [1.29, 1.82) is 0 Å². The molecule has 0 radical (unpaired) electrons. The fourth-order valence-electron chi connectivity index (χ4n) is 5.50. The summed E-state index contributed by atoms with van der Waals surface area (Å²) in [5.74, 6) is 0.668. The second-order valence-corrected chi connectivity index (χ2v) is 14.5. The SMILES string of the molecule is Cc1sc2c(-c3ccc4sc(CC(C)C)cc4c3)cc(-c3cc(C(C)(C)C)c4ccccc4c3)nc2c1C. The molecule has 3 aromatic heterocycles. The first-order chi connectivity index (χ1) is 18.1. The van der Waals surface area contributed by atoms with Gasteiger partial charge in [-0.1, -0.05) is 65.0 Å². The van der Waals surface area contributed by atoms with Crippen LogP contribution < -0.4 is 0 Å². The first-order valence-electron chi connectivity index (χ1n) is 13.6. The molecule has 1 nitrogen and oxygen atoms in total. The third-order valence-corrected chi connectivity index (χ3v) is 9.93. The Hall–Kier alpha value is -3.01. The van der Waals surface area contributed by atoms with Gasteiger partial charge in [-0.15, -0.1) is 22.7 Å². The zero-order valence-corrected chi connectivity index (χ0v) is 25.0. The molecule has 0 atom stereocenters. The smallest absolute Gasteiger partial charge is 0.0855 e. The van der Waals surface area contributed by atoms with Crippen LogP contribution in [0.25, 0.3) is 53.5 Å². The van der Waals surface area contributed by atoms with Crippen LogP contribution in [0.15, 0.2) is 66.7 Å². The summed E-state index contributed by atoms with van der Waals surface area (Å²) < 4.78 is 2.66. The highest BCUT2D eigenvalue weighted by atomic mass is 32.1. The van der Waals surface area contributed by atoms with Crippen molar-refractivity contribution in [3.63, 3.8) is 0 Å². The van der Waals surface area contributed by atoms with Gasteiger partial charge in [-0.3, -0.25) is 0 Å². The molecule has 38 heavy (non-hydrogen) atoms. The van der Waals surface area contributed by atoms with Gasteiger partial charge in [-0.05, 0) is 101 Å². The van der Waals surface area contributed by atoms with Gasteiger partial charge in [0.15, 0.2) is 0 Å². The number of pyridine rings is 1. The summed E-state index contributed by atoms with van der Waals surface area (Å²) in [5, 5.41) is 3.95. The lowest BCUT2D eigenvalue weighted by atomic mass is 9.82. The molecule has 3 heteroatoms. The Kier molecular flexibility index (Phi) is 6.20. The topological polar surface area (TPSA) is 12.9 Å². The zero-order valence-electron chi connectivity index (χ0n) is 23.4. The molecule has 0 N–H and O–H groups in total. The van der Waals surface area contributed by atoms with E-state index in [1.165, 1.54) is 63.1 Å². The molecule has 6 aromatic rings. The van der Waals surface area contributed by atoms with Crippen molar-refractivity contribution in [2.45, 2.75) is 60.3 Å². The minimum Gasteiger partial charge on any atom is -0.247 e. The Balaban J connectivity index is 1.59. The molecule has 6 rings (SSSR count). The highest BCUT2D eigenvalue weighted by molar-refractivity contribution is 7.20. The summed E-state index contributed by atoms with van der Waals surface area (Å²) in [5.41, 5.74) is 8.64. The number of nitrogens with zero attached hydrogens (tertiary/aromatic N) is 1. The van der Waals surface area contributed by atoms with Gasteiger partial charge in [0.05, 0.1) is 15.9 Å². The fraction of sp³-hybridized carbons (Fsp3) is 0.286. The van der Waals surface area contributed by atoms with E-state index in [0.29, 0.717) is 5.92 Å². The summed E-state index contributed by atoms with van der Waals surface area (Å²) in [6.45, 7) is 15.9. The quantitative estimate of drug-likeness (QED) is 0.220. The van der Waals surface area contributed by atoms with E-state index in [4.69, 9.17) is 4.98 Å². The molecule has 3 heterocycles. The molecular formula is C35H35NS2. The summed E-state index contributed by atoms with van der Waals surface area (Å²) in [6, 6.07) is 25.2. The van der Waals surface area contributed by atoms with E-state index in [0.717, 1.165) is 17.6 Å². The highest BCUT2D eigenvalue weighted by Gasteiger charge is 2.20. The van der Waals surface area contributed by atoms with Crippen molar-refractivity contribution >= 4 is 53.7 Å². The lowest BCUT2D eigenvalue weighted by Crippen LogP contribution is -2.12. The number of aryl methyl sites for hydroxylation is 2. The number of fused-ring (bicyclic) bond motifs is 3. The largest absolute Gasteiger partial charge is 0.247 e. The van der Waals surface area contributed by atoms with Crippen LogP contribution in [0.4, 0.5) is 0 Å². The maximum absolute atomic E-state index is 5.29. The average molecular weight is 534 g/mol. The molecule has 0 saturated heterocycles. The second kappa shape index (κ2) is 9.32. The van der Waals surface area contributed by atoms with Gasteiger partial charge < -0.3 is 0 Å². The van der Waals surface area contributed by atoms with Crippen molar-refractivity contribution in [3.8, 4) is 22.4 Å². The number of hydrogen-bond donors (Lipinski definition) is 0. The van der Waals surface area contributed by atoms with Gasteiger partial charge in [-0.2, -0.15) is 0 Å². The van der Waals surface area contributed by atoms with Crippen LogP contribution in [-0.4, -0.2) is 4.98 Å². The molecular weight excluding hydrogens is 499 g/mol. The van der Waals surface area contributed by atoms with Crippen molar-refractivity contribution in [1.82, 2.24) is 4.98 Å². The fourth-order valence-corrected chi connectivity index (χ4v) is 7.89. The lowest BCUT2D eigenvalue weighted by molar-refractivity contribution is 0.596. The van der Waals surface area contributed by atoms with E-state index in [1.54, 1.807) is 0 Å². The molecule has 192 valence electrons. The van der Waals surface area contributed by atoms with E-state index < -0.39 is 0 Å². The molecule has 0 aliphatic carbocycles. The van der Waals surface area contributed by atoms with E-state index in [9.17, 15) is 0 Å². The molecule has 0 aliphatic heterocycles. The van der Waals surface area contributed by atoms with Gasteiger partial charge in [0, 0.05) is 25.6 Å². The Labute approximate surface area is 234 Å². The summed E-state index contributed by atoms with van der Waals surface area (Å²) in [4.78, 5) is 8.11. The maximum Gasteiger partial charge on any atom is 0.0855 e. The third-order valence-electron chi connectivity index (χ3n) is 7.56. The monoisotopic (exact) mass is 533 g/mol. The second-order valence-electron chi connectivity index (χ2n) is 12.1. The summed E-state index contributed by atoms with van der Waals surface area (Å²) in [6.07, 6.45) is 1.14. The Bertz CT molecular complexity index is 1820. The van der Waals surface area contributed by atoms with Crippen LogP contribution in [0.1, 0.15) is 55.5 Å². The van der Waals surface area contributed by atoms with Gasteiger partial charge in [0.1, 0.15) is 0 Å². The molecule has 0 saturated carbocycles. The van der Waals surface area contributed by atoms with Crippen LogP contribution in [-0.2, 0) is 11.8 Å². The minimum absolute atomic E-state index is 0.0368. The number of rotatable bonds is 4. The lowest BCUT2D eigenvalue weighted by Gasteiger charge is -2.23. The molecule has 0 unspecified atom stereocenters. The summed E-state index contributed by atoms with van der Waals surface area (Å²) in [7, 11) is 0. The number of benzene rings is 3. The van der Waals surface area contributed by atoms with Crippen molar-refractivity contribution in [2.24, 2.45) is 5.92 Å². The number of aromatic nitrogens is 1. The van der Waals surface area contributed by atoms with Crippen LogP contribution in [0, 0.1) is 19.8 Å². The van der Waals surface area contributed by atoms with E-state index in [2.05, 4.69) is 115 Å². The zero-order chi connectivity index (χ0) is 26.8. The van der Waals surface area contributed by atoms with Crippen molar-refractivity contribution in [3.05, 3.63) is 87.6 Å². The van der Waals surface area contributed by atoms with Crippen LogP contribution in [0.5, 0.6) is 0 Å². The van der Waals surface area contributed by atoms with Gasteiger partial charge in [0.25, 0.3) is 0 Å². The summed E-state index contributed by atoms with van der Waals surface area (Å²) >= 11 is 3.81. The van der Waals surface area contributed by atoms with Crippen LogP contribution >= 0.6 is 22.7 Å². The Morgan fingerprint density at radius 1 is 0.816 bits per heavy atom. The predicted molar refractivity (Wildman–Crippen MR) is 170 cm³/mol. The number of hydrogen-bond acceptors (Lipinski definition) is 3. The molecule has 3 aromatic carbocycles. The van der Waals surface area contributed by atoms with Crippen molar-refractivity contribution in [2.75, 3.05) is 0 Å². The number of thiophene rings is 2. The van der Waals surface area contributed by atoms with Crippen LogP contribution in [0.2, 0.25) is 0 Å². The first kappa shape index (κ1) is 25.3. The van der Waals surface area contributed by atoms with Gasteiger partial charge in [-0.25, -0.2) is 4.98 Å². The van der Waals surface area contributed by atoms with E-state index >= 15 is 0 Å². The van der Waals surface area contributed by atoms with E-state index in [1.807, 2.05) is 22.7 Å². The van der Waals surface area contributed by atoms with E-state index in [-0.39, 0.29) is 5.41 Å². The first-order valence-corrected chi connectivity index (χ1v) is 15.2. The predicted octanol–water partition coefficient (Wildman–Crippen LogP) is 11.1. The van der Waals surface area contributed by atoms with Crippen LogP contribution in [0.3, 0.4) is 0 Å². The minimum atomic E-state index is 0.0368. The average Bonchev–Trinajstić information content (AvgIpc) is 3.40. The Morgan fingerprint density at radius 2 is 1.58 bits per heavy atom. The maximum atomic E-state index is 5.29. The molecule has 0 bridgehead atoms. The standard InChI is InChI=1S/C35H35NS2/c1-20(2)14-27-17-26-16-24(12-13-32(26)38-27)29-19-31(36-33-21(3)22(4)37-34(29)33)25-15-23-10-8-9-11-28(23)30(18-25)35(5,6)7/h8-13,15-20H,14H2,1-7H3. The van der Waals surface area contributed by atoms with Gasteiger partial charge >= 0.3 is 0 Å². The Morgan fingerprint density at radius 3 is 2.34 bits per heavy atom. The van der Waals surface area contributed by atoms with Crippen molar-refractivity contribution < 1.29 is 0 Å². The molecule has 0 fully saturated rings. The molecule has 0 aliphatic rings. The third kappa shape index (κ3) is 4.46. The molecule has 0 spiro atoms. The highest BCUT2D eigenvalue weighted by Crippen LogP contribution is 2.42. The molecule has 0 amide bonds. The van der Waals surface area contributed by atoms with Gasteiger partial charge in [0.2, 0.25) is 0 Å². The normalized spacial score (nSPS) is 12.4.